The molecule has 8 nitrogen and oxygen atoms in total. The predicted molar refractivity (Wildman–Crippen MR) is 95.6 cm³/mol. The van der Waals surface area contributed by atoms with E-state index in [4.69, 9.17) is 0 Å². The highest BCUT2D eigenvalue weighted by atomic mass is 32.2. The SMILES string of the molecule is Cc1n[nH]c(C)c1S(=O)(=O)N1CCCC(C(=O)NCc2ccccn2)C1. The van der Waals surface area contributed by atoms with Crippen molar-refractivity contribution in [3.63, 3.8) is 0 Å². The molecule has 0 spiro atoms. The normalized spacial score (nSPS) is 18.6. The first-order chi connectivity index (χ1) is 12.4. The third-order valence-corrected chi connectivity index (χ3v) is 6.71. The number of aromatic amines is 1. The molecule has 26 heavy (non-hydrogen) atoms. The Hall–Kier alpha value is -2.26. The van der Waals surface area contributed by atoms with Crippen LogP contribution < -0.4 is 5.32 Å². The molecule has 3 heterocycles. The molecule has 1 unspecified atom stereocenters. The summed E-state index contributed by atoms with van der Waals surface area (Å²) in [5.74, 6) is -0.508. The van der Waals surface area contributed by atoms with Crippen LogP contribution in [0.4, 0.5) is 0 Å². The standard InChI is InChI=1S/C17H23N5O3S/c1-12-16(13(2)21-20-12)26(24,25)22-9-5-6-14(11-22)17(23)19-10-15-7-3-4-8-18-15/h3-4,7-8,14H,5-6,9-11H2,1-2H3,(H,19,23)(H,20,21). The number of rotatable bonds is 5. The summed E-state index contributed by atoms with van der Waals surface area (Å²) < 4.78 is 27.3. The highest BCUT2D eigenvalue weighted by Crippen LogP contribution is 2.26. The second kappa shape index (κ2) is 7.55. The Kier molecular flexibility index (Phi) is 5.38. The molecular formula is C17H23N5O3S. The molecule has 0 bridgehead atoms. The van der Waals surface area contributed by atoms with E-state index in [0.29, 0.717) is 37.3 Å². The van der Waals surface area contributed by atoms with Crippen LogP contribution in [-0.4, -0.2) is 46.9 Å². The van der Waals surface area contributed by atoms with Crippen LogP contribution >= 0.6 is 0 Å². The summed E-state index contributed by atoms with van der Waals surface area (Å²) in [6, 6.07) is 5.51. The fraction of sp³-hybridized carbons (Fsp3) is 0.471. The molecule has 0 saturated carbocycles. The Morgan fingerprint density at radius 3 is 2.85 bits per heavy atom. The van der Waals surface area contributed by atoms with Gasteiger partial charge in [-0.05, 0) is 38.8 Å². The minimum atomic E-state index is -3.67. The maximum absolute atomic E-state index is 13.0. The smallest absolute Gasteiger partial charge is 0.246 e. The number of hydrogen-bond acceptors (Lipinski definition) is 5. The first-order valence-electron chi connectivity index (χ1n) is 8.59. The van der Waals surface area contributed by atoms with Crippen LogP contribution in [0.25, 0.3) is 0 Å². The lowest BCUT2D eigenvalue weighted by atomic mass is 9.99. The third-order valence-electron chi connectivity index (χ3n) is 4.58. The Bertz CT molecular complexity index is 860. The van der Waals surface area contributed by atoms with Crippen LogP contribution in [0.5, 0.6) is 0 Å². The maximum Gasteiger partial charge on any atom is 0.246 e. The molecule has 3 rings (SSSR count). The zero-order valence-corrected chi connectivity index (χ0v) is 15.7. The average Bonchev–Trinajstić information content (AvgIpc) is 2.99. The van der Waals surface area contributed by atoms with Gasteiger partial charge in [0.25, 0.3) is 0 Å². The number of pyridine rings is 1. The van der Waals surface area contributed by atoms with Gasteiger partial charge in [-0.25, -0.2) is 8.42 Å². The largest absolute Gasteiger partial charge is 0.350 e. The molecule has 0 aliphatic carbocycles. The van der Waals surface area contributed by atoms with E-state index in [-0.39, 0.29) is 23.3 Å². The molecule has 2 aromatic heterocycles. The Morgan fingerprint density at radius 1 is 1.38 bits per heavy atom. The number of piperidine rings is 1. The van der Waals surface area contributed by atoms with Gasteiger partial charge < -0.3 is 5.32 Å². The van der Waals surface area contributed by atoms with Crippen molar-refractivity contribution in [3.8, 4) is 0 Å². The first kappa shape index (κ1) is 18.5. The number of carbonyl (C=O) groups excluding carboxylic acids is 1. The Labute approximate surface area is 153 Å². The monoisotopic (exact) mass is 377 g/mol. The van der Waals surface area contributed by atoms with Crippen molar-refractivity contribution in [1.29, 1.82) is 0 Å². The van der Waals surface area contributed by atoms with Crippen molar-refractivity contribution >= 4 is 15.9 Å². The fourth-order valence-electron chi connectivity index (χ4n) is 3.25. The fourth-order valence-corrected chi connectivity index (χ4v) is 5.10. The summed E-state index contributed by atoms with van der Waals surface area (Å²) in [5.41, 5.74) is 1.74. The summed E-state index contributed by atoms with van der Waals surface area (Å²) in [6.07, 6.45) is 2.99. The van der Waals surface area contributed by atoms with Gasteiger partial charge in [0.1, 0.15) is 4.90 Å². The lowest BCUT2D eigenvalue weighted by Crippen LogP contribution is -2.45. The highest BCUT2D eigenvalue weighted by Gasteiger charge is 2.35. The number of H-pyrrole nitrogens is 1. The lowest BCUT2D eigenvalue weighted by molar-refractivity contribution is -0.126. The molecule has 140 valence electrons. The second-order valence-electron chi connectivity index (χ2n) is 6.50. The maximum atomic E-state index is 13.0. The summed E-state index contributed by atoms with van der Waals surface area (Å²) in [4.78, 5) is 16.9. The quantitative estimate of drug-likeness (QED) is 0.812. The van der Waals surface area contributed by atoms with Crippen molar-refractivity contribution in [2.75, 3.05) is 13.1 Å². The van der Waals surface area contributed by atoms with Crippen molar-refractivity contribution < 1.29 is 13.2 Å². The molecule has 1 aliphatic rings. The number of aryl methyl sites for hydroxylation is 2. The van der Waals surface area contributed by atoms with Crippen molar-refractivity contribution in [2.45, 2.75) is 38.1 Å². The summed E-state index contributed by atoms with van der Waals surface area (Å²) >= 11 is 0. The van der Waals surface area contributed by atoms with E-state index in [1.54, 1.807) is 20.0 Å². The van der Waals surface area contributed by atoms with Gasteiger partial charge in [0.15, 0.2) is 0 Å². The molecule has 1 atom stereocenters. The van der Waals surface area contributed by atoms with Crippen LogP contribution in [0.2, 0.25) is 0 Å². The molecule has 2 N–H and O–H groups in total. The number of aromatic nitrogens is 3. The van der Waals surface area contributed by atoms with Gasteiger partial charge in [0.2, 0.25) is 15.9 Å². The molecule has 2 aromatic rings. The van der Waals surface area contributed by atoms with Crippen LogP contribution in [-0.2, 0) is 21.4 Å². The zero-order chi connectivity index (χ0) is 18.7. The Morgan fingerprint density at radius 2 is 2.19 bits per heavy atom. The molecule has 1 saturated heterocycles. The predicted octanol–water partition coefficient (Wildman–Crippen LogP) is 1.14. The number of carbonyl (C=O) groups is 1. The number of nitrogens with one attached hydrogen (secondary N) is 2. The van der Waals surface area contributed by atoms with Crippen LogP contribution in [0.15, 0.2) is 29.3 Å². The molecule has 9 heteroatoms. The zero-order valence-electron chi connectivity index (χ0n) is 14.9. The van der Waals surface area contributed by atoms with E-state index in [1.807, 2.05) is 18.2 Å². The molecule has 1 fully saturated rings. The molecule has 0 aromatic carbocycles. The third kappa shape index (κ3) is 3.78. The average molecular weight is 377 g/mol. The summed E-state index contributed by atoms with van der Waals surface area (Å²) in [6.45, 7) is 4.28. The van der Waals surface area contributed by atoms with Gasteiger partial charge in [-0.1, -0.05) is 6.07 Å². The first-order valence-corrected chi connectivity index (χ1v) is 10.0. The van der Waals surface area contributed by atoms with Gasteiger partial charge in [0.05, 0.1) is 29.5 Å². The van der Waals surface area contributed by atoms with Crippen molar-refractivity contribution in [3.05, 3.63) is 41.5 Å². The van der Waals surface area contributed by atoms with Crippen LogP contribution in [0, 0.1) is 19.8 Å². The topological polar surface area (TPSA) is 108 Å². The van der Waals surface area contributed by atoms with Gasteiger partial charge in [0, 0.05) is 19.3 Å². The number of nitrogens with zero attached hydrogens (tertiary/aromatic N) is 3. The molecule has 0 radical (unpaired) electrons. The Balaban J connectivity index is 1.68. The molecular weight excluding hydrogens is 354 g/mol. The van der Waals surface area contributed by atoms with E-state index in [9.17, 15) is 13.2 Å². The van der Waals surface area contributed by atoms with Gasteiger partial charge in [-0.2, -0.15) is 9.40 Å². The second-order valence-corrected chi connectivity index (χ2v) is 8.38. The van der Waals surface area contributed by atoms with Crippen molar-refractivity contribution in [2.24, 2.45) is 5.92 Å². The van der Waals surface area contributed by atoms with E-state index >= 15 is 0 Å². The van der Waals surface area contributed by atoms with Crippen LogP contribution in [0.1, 0.15) is 29.9 Å². The van der Waals surface area contributed by atoms with Gasteiger partial charge in [-0.3, -0.25) is 14.9 Å². The number of amides is 1. The minimum absolute atomic E-state index is 0.142. The van der Waals surface area contributed by atoms with Gasteiger partial charge >= 0.3 is 0 Å². The lowest BCUT2D eigenvalue weighted by Gasteiger charge is -2.31. The number of hydrogen-bond donors (Lipinski definition) is 2. The van der Waals surface area contributed by atoms with E-state index in [0.717, 1.165) is 5.69 Å². The van der Waals surface area contributed by atoms with Crippen LogP contribution in [0.3, 0.4) is 0 Å². The minimum Gasteiger partial charge on any atom is -0.350 e. The molecule has 1 aliphatic heterocycles. The van der Waals surface area contributed by atoms with E-state index < -0.39 is 10.0 Å². The van der Waals surface area contributed by atoms with Gasteiger partial charge in [-0.15, -0.1) is 0 Å². The summed E-state index contributed by atoms with van der Waals surface area (Å²) in [7, 11) is -3.67. The van der Waals surface area contributed by atoms with E-state index in [2.05, 4.69) is 20.5 Å². The molecule has 1 amide bonds. The summed E-state index contributed by atoms with van der Waals surface area (Å²) in [5, 5.41) is 9.55. The van der Waals surface area contributed by atoms with Crippen molar-refractivity contribution in [1.82, 2.24) is 24.8 Å². The van der Waals surface area contributed by atoms with E-state index in [1.165, 1.54) is 4.31 Å². The highest BCUT2D eigenvalue weighted by molar-refractivity contribution is 7.89. The number of sulfonamides is 1.